The summed E-state index contributed by atoms with van der Waals surface area (Å²) >= 11 is 0. The number of hydrogen-bond donors (Lipinski definition) is 1. The topological polar surface area (TPSA) is 46.3 Å². The molecule has 0 bridgehead atoms. The normalized spacial score (nSPS) is 23.6. The largest absolute Gasteiger partial charge is 0.339 e. The first kappa shape index (κ1) is 15.0. The third-order valence-corrected chi connectivity index (χ3v) is 4.77. The van der Waals surface area contributed by atoms with Crippen molar-refractivity contribution in [2.45, 2.75) is 39.2 Å². The van der Waals surface area contributed by atoms with Gasteiger partial charge in [0.25, 0.3) is 0 Å². The van der Waals surface area contributed by atoms with Crippen LogP contribution < -0.4 is 5.73 Å². The van der Waals surface area contributed by atoms with Gasteiger partial charge in [0.15, 0.2) is 0 Å². The predicted molar refractivity (Wildman–Crippen MR) is 82.2 cm³/mol. The predicted octanol–water partition coefficient (Wildman–Crippen LogP) is 2.89. The van der Waals surface area contributed by atoms with Crippen molar-refractivity contribution in [3.63, 3.8) is 0 Å². The van der Waals surface area contributed by atoms with Crippen molar-refractivity contribution in [2.75, 3.05) is 13.6 Å². The fourth-order valence-electron chi connectivity index (χ4n) is 3.17. The molecular formula is C17H26N2O. The lowest BCUT2D eigenvalue weighted by molar-refractivity contribution is -0.137. The van der Waals surface area contributed by atoms with E-state index < -0.39 is 0 Å². The number of nitrogens with zero attached hydrogens (tertiary/aromatic N) is 1. The molecule has 0 aromatic heterocycles. The molecule has 2 N–H and O–H groups in total. The van der Waals surface area contributed by atoms with E-state index >= 15 is 0 Å². The minimum atomic E-state index is 0.113. The quantitative estimate of drug-likeness (QED) is 0.917. The SMILES string of the molecule is Cc1ccc(C(C)N(C)C(=O)C2CCCC2CN)cc1. The van der Waals surface area contributed by atoms with Gasteiger partial charge in [0.1, 0.15) is 0 Å². The summed E-state index contributed by atoms with van der Waals surface area (Å²) in [6, 6.07) is 8.53. The van der Waals surface area contributed by atoms with E-state index in [4.69, 9.17) is 5.73 Å². The Morgan fingerprint density at radius 3 is 2.60 bits per heavy atom. The Hall–Kier alpha value is -1.35. The van der Waals surface area contributed by atoms with Crippen LogP contribution in [0.2, 0.25) is 0 Å². The Kier molecular flexibility index (Phi) is 4.81. The van der Waals surface area contributed by atoms with Crippen LogP contribution in [0.3, 0.4) is 0 Å². The van der Waals surface area contributed by atoms with Crippen LogP contribution in [0.1, 0.15) is 43.4 Å². The number of rotatable bonds is 4. The van der Waals surface area contributed by atoms with E-state index in [0.29, 0.717) is 12.5 Å². The lowest BCUT2D eigenvalue weighted by atomic mass is 9.94. The van der Waals surface area contributed by atoms with E-state index in [0.717, 1.165) is 19.3 Å². The van der Waals surface area contributed by atoms with E-state index in [-0.39, 0.29) is 17.9 Å². The first-order valence-corrected chi connectivity index (χ1v) is 7.58. The van der Waals surface area contributed by atoms with Crippen LogP contribution in [0.5, 0.6) is 0 Å². The smallest absolute Gasteiger partial charge is 0.226 e. The van der Waals surface area contributed by atoms with Crippen LogP contribution in [0.25, 0.3) is 0 Å². The number of carbonyl (C=O) groups excluding carboxylic acids is 1. The standard InChI is InChI=1S/C17H26N2O/c1-12-7-9-14(10-8-12)13(2)19(3)17(20)16-6-4-5-15(16)11-18/h7-10,13,15-16H,4-6,11,18H2,1-3H3. The summed E-state index contributed by atoms with van der Waals surface area (Å²) in [5.74, 6) is 0.749. The summed E-state index contributed by atoms with van der Waals surface area (Å²) in [5, 5.41) is 0. The summed E-state index contributed by atoms with van der Waals surface area (Å²) in [7, 11) is 1.92. The first-order chi connectivity index (χ1) is 9.54. The molecule has 0 saturated heterocycles. The molecule has 1 aliphatic rings. The van der Waals surface area contributed by atoms with Crippen molar-refractivity contribution in [3.8, 4) is 0 Å². The lowest BCUT2D eigenvalue weighted by Crippen LogP contribution is -2.38. The fourth-order valence-corrected chi connectivity index (χ4v) is 3.17. The van der Waals surface area contributed by atoms with E-state index in [9.17, 15) is 4.79 Å². The van der Waals surface area contributed by atoms with Crippen molar-refractivity contribution in [1.82, 2.24) is 4.90 Å². The molecule has 3 heteroatoms. The van der Waals surface area contributed by atoms with E-state index in [2.05, 4.69) is 38.1 Å². The maximum Gasteiger partial charge on any atom is 0.226 e. The molecular weight excluding hydrogens is 248 g/mol. The maximum absolute atomic E-state index is 12.7. The highest BCUT2D eigenvalue weighted by atomic mass is 16.2. The minimum absolute atomic E-state index is 0.113. The average molecular weight is 274 g/mol. The maximum atomic E-state index is 12.7. The fraction of sp³-hybridized carbons (Fsp3) is 0.588. The van der Waals surface area contributed by atoms with Gasteiger partial charge in [-0.2, -0.15) is 0 Å². The van der Waals surface area contributed by atoms with Crippen LogP contribution in [0.15, 0.2) is 24.3 Å². The summed E-state index contributed by atoms with van der Waals surface area (Å²) < 4.78 is 0. The number of benzene rings is 1. The Bertz CT molecular complexity index is 455. The Balaban J connectivity index is 2.07. The molecule has 1 saturated carbocycles. The molecule has 3 unspecified atom stereocenters. The number of aryl methyl sites for hydroxylation is 1. The highest BCUT2D eigenvalue weighted by molar-refractivity contribution is 5.79. The third-order valence-electron chi connectivity index (χ3n) is 4.77. The van der Waals surface area contributed by atoms with Crippen molar-refractivity contribution >= 4 is 5.91 Å². The van der Waals surface area contributed by atoms with Crippen molar-refractivity contribution < 1.29 is 4.79 Å². The molecule has 1 aromatic rings. The summed E-state index contributed by atoms with van der Waals surface area (Å²) in [4.78, 5) is 14.6. The zero-order chi connectivity index (χ0) is 14.7. The Labute approximate surface area is 122 Å². The summed E-state index contributed by atoms with van der Waals surface area (Å²) in [6.07, 6.45) is 3.22. The van der Waals surface area contributed by atoms with Gasteiger partial charge in [0.05, 0.1) is 6.04 Å². The van der Waals surface area contributed by atoms with Crippen molar-refractivity contribution in [1.29, 1.82) is 0 Å². The Morgan fingerprint density at radius 2 is 2.00 bits per heavy atom. The molecule has 20 heavy (non-hydrogen) atoms. The Morgan fingerprint density at radius 1 is 1.35 bits per heavy atom. The van der Waals surface area contributed by atoms with E-state index in [1.165, 1.54) is 11.1 Å². The number of carbonyl (C=O) groups is 1. The van der Waals surface area contributed by atoms with Gasteiger partial charge >= 0.3 is 0 Å². The summed E-state index contributed by atoms with van der Waals surface area (Å²) in [5.41, 5.74) is 8.23. The van der Waals surface area contributed by atoms with Crippen LogP contribution in [0.4, 0.5) is 0 Å². The third kappa shape index (κ3) is 3.04. The zero-order valence-corrected chi connectivity index (χ0v) is 12.8. The molecule has 0 spiro atoms. The summed E-state index contributed by atoms with van der Waals surface area (Å²) in [6.45, 7) is 4.80. The van der Waals surface area contributed by atoms with Crippen LogP contribution in [-0.4, -0.2) is 24.4 Å². The second-order valence-electron chi connectivity index (χ2n) is 6.07. The van der Waals surface area contributed by atoms with Gasteiger partial charge in [-0.3, -0.25) is 4.79 Å². The van der Waals surface area contributed by atoms with Gasteiger partial charge in [0, 0.05) is 13.0 Å². The molecule has 0 heterocycles. The molecule has 1 amide bonds. The van der Waals surface area contributed by atoms with Gasteiger partial charge in [0.2, 0.25) is 5.91 Å². The van der Waals surface area contributed by atoms with Crippen molar-refractivity contribution in [3.05, 3.63) is 35.4 Å². The minimum Gasteiger partial charge on any atom is -0.339 e. The lowest BCUT2D eigenvalue weighted by Gasteiger charge is -2.30. The molecule has 1 fully saturated rings. The molecule has 3 atom stereocenters. The highest BCUT2D eigenvalue weighted by Gasteiger charge is 2.34. The van der Waals surface area contributed by atoms with Crippen LogP contribution in [-0.2, 0) is 4.79 Å². The van der Waals surface area contributed by atoms with Crippen molar-refractivity contribution in [2.24, 2.45) is 17.6 Å². The molecule has 1 aromatic carbocycles. The van der Waals surface area contributed by atoms with Gasteiger partial charge in [-0.25, -0.2) is 0 Å². The molecule has 0 aliphatic heterocycles. The van der Waals surface area contributed by atoms with E-state index in [1.54, 1.807) is 0 Å². The van der Waals surface area contributed by atoms with Crippen LogP contribution in [0, 0.1) is 18.8 Å². The first-order valence-electron chi connectivity index (χ1n) is 7.58. The van der Waals surface area contributed by atoms with Gasteiger partial charge in [-0.05, 0) is 44.7 Å². The zero-order valence-electron chi connectivity index (χ0n) is 12.8. The molecule has 110 valence electrons. The molecule has 3 nitrogen and oxygen atoms in total. The number of hydrogen-bond acceptors (Lipinski definition) is 2. The average Bonchev–Trinajstić information content (AvgIpc) is 2.94. The van der Waals surface area contributed by atoms with E-state index in [1.807, 2.05) is 11.9 Å². The second-order valence-corrected chi connectivity index (χ2v) is 6.07. The molecule has 0 radical (unpaired) electrons. The number of amides is 1. The second kappa shape index (κ2) is 6.40. The van der Waals surface area contributed by atoms with Gasteiger partial charge < -0.3 is 10.6 Å². The van der Waals surface area contributed by atoms with Crippen LogP contribution >= 0.6 is 0 Å². The van der Waals surface area contributed by atoms with Gasteiger partial charge in [-0.1, -0.05) is 36.2 Å². The highest BCUT2D eigenvalue weighted by Crippen LogP contribution is 2.34. The monoisotopic (exact) mass is 274 g/mol. The molecule has 1 aliphatic carbocycles. The molecule has 2 rings (SSSR count). The number of nitrogens with two attached hydrogens (primary N) is 1. The van der Waals surface area contributed by atoms with Gasteiger partial charge in [-0.15, -0.1) is 0 Å².